The van der Waals surface area contributed by atoms with E-state index in [0.29, 0.717) is 13.2 Å². The van der Waals surface area contributed by atoms with Crippen LogP contribution in [-0.2, 0) is 23.9 Å². The van der Waals surface area contributed by atoms with E-state index >= 15 is 0 Å². The summed E-state index contributed by atoms with van der Waals surface area (Å²) in [5.74, 6) is -0.629. The smallest absolute Gasteiger partial charge is 0.254 e. The van der Waals surface area contributed by atoms with Gasteiger partial charge in [0.1, 0.15) is 0 Å². The van der Waals surface area contributed by atoms with Crippen molar-refractivity contribution < 1.29 is 23.9 Å². The van der Waals surface area contributed by atoms with Crippen molar-refractivity contribution >= 4 is 11.8 Å². The van der Waals surface area contributed by atoms with Gasteiger partial charge in [0.15, 0.2) is 6.79 Å². The molecule has 0 aromatic carbocycles. The zero-order chi connectivity index (χ0) is 10.4. The fraction of sp³-hybridized carbons (Fsp3) is 0.750. The van der Waals surface area contributed by atoms with Gasteiger partial charge in [0.05, 0.1) is 13.2 Å². The fourth-order valence-electron chi connectivity index (χ4n) is 0.991. The molecule has 1 fully saturated rings. The standard InChI is InChI=1S/C8H13NO5/c1-12-4-5-13-6-14-9-7(10)2-3-8(9)11/h2-6H2,1H3. The molecule has 0 aliphatic carbocycles. The first-order valence-electron chi connectivity index (χ1n) is 4.31. The molecular formula is C8H13NO5. The molecule has 0 atom stereocenters. The first-order valence-corrected chi connectivity index (χ1v) is 4.31. The maximum absolute atomic E-state index is 11.0. The Morgan fingerprint density at radius 1 is 1.21 bits per heavy atom. The Morgan fingerprint density at radius 2 is 1.86 bits per heavy atom. The van der Waals surface area contributed by atoms with Crippen LogP contribution in [0.5, 0.6) is 0 Å². The van der Waals surface area contributed by atoms with Crippen molar-refractivity contribution in [2.24, 2.45) is 0 Å². The SMILES string of the molecule is COCCOCON1C(=O)CCC1=O. The van der Waals surface area contributed by atoms with Gasteiger partial charge in [-0.3, -0.25) is 9.59 Å². The molecule has 80 valence electrons. The number of nitrogens with zero attached hydrogens (tertiary/aromatic N) is 1. The van der Waals surface area contributed by atoms with Crippen LogP contribution in [0.2, 0.25) is 0 Å². The molecule has 6 heteroatoms. The average Bonchev–Trinajstić information content (AvgIpc) is 2.48. The molecule has 14 heavy (non-hydrogen) atoms. The maximum atomic E-state index is 11.0. The quantitative estimate of drug-likeness (QED) is 0.336. The van der Waals surface area contributed by atoms with Crippen LogP contribution in [0, 0.1) is 0 Å². The number of carbonyl (C=O) groups excluding carboxylic acids is 2. The van der Waals surface area contributed by atoms with Crippen molar-refractivity contribution in [3.8, 4) is 0 Å². The van der Waals surface area contributed by atoms with Crippen LogP contribution in [0.25, 0.3) is 0 Å². The van der Waals surface area contributed by atoms with Gasteiger partial charge in [-0.25, -0.2) is 4.84 Å². The lowest BCUT2D eigenvalue weighted by Gasteiger charge is -2.12. The minimum atomic E-state index is -0.314. The maximum Gasteiger partial charge on any atom is 0.254 e. The average molecular weight is 203 g/mol. The first kappa shape index (κ1) is 11.1. The number of hydrogen-bond acceptors (Lipinski definition) is 5. The second-order valence-corrected chi connectivity index (χ2v) is 2.73. The molecular weight excluding hydrogens is 190 g/mol. The van der Waals surface area contributed by atoms with E-state index in [-0.39, 0.29) is 31.4 Å². The summed E-state index contributed by atoms with van der Waals surface area (Å²) >= 11 is 0. The molecule has 6 nitrogen and oxygen atoms in total. The van der Waals surface area contributed by atoms with Gasteiger partial charge in [-0.15, -0.1) is 0 Å². The highest BCUT2D eigenvalue weighted by Gasteiger charge is 2.30. The summed E-state index contributed by atoms with van der Waals surface area (Å²) in [6.45, 7) is 0.707. The minimum Gasteiger partial charge on any atom is -0.382 e. The van der Waals surface area contributed by atoms with Gasteiger partial charge in [0, 0.05) is 20.0 Å². The molecule has 1 aliphatic rings. The van der Waals surface area contributed by atoms with Gasteiger partial charge in [-0.05, 0) is 0 Å². The fourth-order valence-corrected chi connectivity index (χ4v) is 0.991. The van der Waals surface area contributed by atoms with Crippen LogP contribution in [0.15, 0.2) is 0 Å². The van der Waals surface area contributed by atoms with Crippen LogP contribution in [0.3, 0.4) is 0 Å². The summed E-state index contributed by atoms with van der Waals surface area (Å²) in [4.78, 5) is 26.8. The molecule has 1 rings (SSSR count). The summed E-state index contributed by atoms with van der Waals surface area (Å²) in [5, 5.41) is 0.757. The number of rotatable bonds is 6. The van der Waals surface area contributed by atoms with Crippen molar-refractivity contribution in [3.05, 3.63) is 0 Å². The van der Waals surface area contributed by atoms with E-state index in [1.807, 2.05) is 0 Å². The Morgan fingerprint density at radius 3 is 2.43 bits per heavy atom. The summed E-state index contributed by atoms with van der Waals surface area (Å²) < 4.78 is 9.67. The van der Waals surface area contributed by atoms with Crippen molar-refractivity contribution in [1.29, 1.82) is 0 Å². The van der Waals surface area contributed by atoms with E-state index in [4.69, 9.17) is 14.3 Å². The van der Waals surface area contributed by atoms with Crippen LogP contribution < -0.4 is 0 Å². The molecule has 0 unspecified atom stereocenters. The zero-order valence-electron chi connectivity index (χ0n) is 8.02. The number of amides is 2. The molecule has 1 saturated heterocycles. The molecule has 0 N–H and O–H groups in total. The first-order chi connectivity index (χ1) is 6.75. The molecule has 0 aromatic rings. The predicted octanol–water partition coefficient (Wildman–Crippen LogP) is -0.312. The lowest BCUT2D eigenvalue weighted by Crippen LogP contribution is -2.30. The molecule has 1 aliphatic heterocycles. The van der Waals surface area contributed by atoms with Gasteiger partial charge < -0.3 is 9.47 Å². The van der Waals surface area contributed by atoms with E-state index in [2.05, 4.69) is 0 Å². The van der Waals surface area contributed by atoms with Crippen molar-refractivity contribution in [2.45, 2.75) is 12.8 Å². The number of hydrogen-bond donors (Lipinski definition) is 0. The van der Waals surface area contributed by atoms with Crippen molar-refractivity contribution in [1.82, 2.24) is 5.06 Å². The third-order valence-corrected chi connectivity index (χ3v) is 1.70. The van der Waals surface area contributed by atoms with E-state index in [1.54, 1.807) is 7.11 Å². The van der Waals surface area contributed by atoms with E-state index < -0.39 is 0 Å². The van der Waals surface area contributed by atoms with Crippen molar-refractivity contribution in [3.63, 3.8) is 0 Å². The number of hydroxylamine groups is 2. The highest BCUT2D eigenvalue weighted by molar-refractivity contribution is 6.00. The van der Waals surface area contributed by atoms with Crippen LogP contribution >= 0.6 is 0 Å². The Bertz CT molecular complexity index is 202. The third-order valence-electron chi connectivity index (χ3n) is 1.70. The molecule has 0 spiro atoms. The van der Waals surface area contributed by atoms with Crippen molar-refractivity contribution in [2.75, 3.05) is 27.1 Å². The van der Waals surface area contributed by atoms with Gasteiger partial charge in [-0.1, -0.05) is 0 Å². The predicted molar refractivity (Wildman–Crippen MR) is 44.9 cm³/mol. The normalized spacial score (nSPS) is 16.8. The Kier molecular flexibility index (Phi) is 4.51. The minimum absolute atomic E-state index is 0.110. The van der Waals surface area contributed by atoms with Gasteiger partial charge in [-0.2, -0.15) is 5.06 Å². The van der Waals surface area contributed by atoms with E-state index in [1.165, 1.54) is 0 Å². The van der Waals surface area contributed by atoms with Crippen LogP contribution in [0.1, 0.15) is 12.8 Å². The second kappa shape index (κ2) is 5.69. The topological polar surface area (TPSA) is 65.1 Å². The molecule has 0 radical (unpaired) electrons. The molecule has 0 bridgehead atoms. The Hall–Kier alpha value is -0.980. The van der Waals surface area contributed by atoms with E-state index in [0.717, 1.165) is 5.06 Å². The lowest BCUT2D eigenvalue weighted by atomic mass is 10.4. The largest absolute Gasteiger partial charge is 0.382 e. The summed E-state index contributed by atoms with van der Waals surface area (Å²) in [5.41, 5.74) is 0. The van der Waals surface area contributed by atoms with E-state index in [9.17, 15) is 9.59 Å². The monoisotopic (exact) mass is 203 g/mol. The number of imide groups is 1. The summed E-state index contributed by atoms with van der Waals surface area (Å²) in [6, 6.07) is 0. The highest BCUT2D eigenvalue weighted by atomic mass is 16.8. The van der Waals surface area contributed by atoms with Gasteiger partial charge in [0.2, 0.25) is 0 Å². The lowest BCUT2D eigenvalue weighted by molar-refractivity contribution is -0.218. The summed E-state index contributed by atoms with van der Waals surface area (Å²) in [7, 11) is 1.55. The second-order valence-electron chi connectivity index (χ2n) is 2.73. The molecule has 1 heterocycles. The Balaban J connectivity index is 2.11. The molecule has 2 amide bonds. The third kappa shape index (κ3) is 3.06. The highest BCUT2D eigenvalue weighted by Crippen LogP contribution is 2.11. The van der Waals surface area contributed by atoms with Crippen LogP contribution in [0.4, 0.5) is 0 Å². The molecule has 0 saturated carbocycles. The number of methoxy groups -OCH3 is 1. The number of carbonyl (C=O) groups is 2. The van der Waals surface area contributed by atoms with Gasteiger partial charge in [0.25, 0.3) is 11.8 Å². The number of ether oxygens (including phenoxy) is 2. The molecule has 0 aromatic heterocycles. The zero-order valence-corrected chi connectivity index (χ0v) is 8.02. The van der Waals surface area contributed by atoms with Crippen LogP contribution in [-0.4, -0.2) is 44.0 Å². The Labute approximate surface area is 81.7 Å². The summed E-state index contributed by atoms with van der Waals surface area (Å²) in [6.07, 6.45) is 0.438. The van der Waals surface area contributed by atoms with Gasteiger partial charge >= 0.3 is 0 Å².